The van der Waals surface area contributed by atoms with Crippen molar-refractivity contribution in [2.45, 2.75) is 90.8 Å². The van der Waals surface area contributed by atoms with Crippen LogP contribution in [0.4, 0.5) is 4.79 Å². The lowest BCUT2D eigenvalue weighted by Crippen LogP contribution is -2.50. The molecule has 2 saturated heterocycles. The number of carbonyl (C=O) groups excluding carboxylic acids is 2. The van der Waals surface area contributed by atoms with Crippen molar-refractivity contribution in [3.63, 3.8) is 0 Å². The maximum atomic E-state index is 13.5. The number of likely N-dealkylation sites (tertiary alicyclic amines) is 2. The van der Waals surface area contributed by atoms with Crippen LogP contribution in [0.3, 0.4) is 0 Å². The number of methoxy groups -OCH3 is 1. The molecule has 3 unspecified atom stereocenters. The molecule has 3 aliphatic rings. The van der Waals surface area contributed by atoms with Crippen LogP contribution in [0.5, 0.6) is 0 Å². The SMILES string of the molecule is CCOC(=O)N1CCCC(N2CCC(N3C(=O)C(C)(CO)C(C)=C3CC(CC)OC)CC2)CC1. The predicted molar refractivity (Wildman–Crippen MR) is 131 cm³/mol. The Kier molecular flexibility index (Phi) is 9.41. The monoisotopic (exact) mass is 479 g/mol. The maximum absolute atomic E-state index is 13.5. The summed E-state index contributed by atoms with van der Waals surface area (Å²) in [7, 11) is 1.73. The van der Waals surface area contributed by atoms with Crippen molar-refractivity contribution >= 4 is 12.0 Å². The van der Waals surface area contributed by atoms with Gasteiger partial charge in [0.25, 0.3) is 0 Å². The first-order chi connectivity index (χ1) is 16.3. The Bertz CT molecular complexity index is 745. The highest BCUT2D eigenvalue weighted by Crippen LogP contribution is 2.44. The van der Waals surface area contributed by atoms with Crippen LogP contribution < -0.4 is 0 Å². The molecular weight excluding hydrogens is 434 g/mol. The summed E-state index contributed by atoms with van der Waals surface area (Å²) in [5, 5.41) is 10.1. The second-order valence-corrected chi connectivity index (χ2v) is 10.2. The van der Waals surface area contributed by atoms with Gasteiger partial charge < -0.3 is 29.3 Å². The third-order valence-electron chi connectivity index (χ3n) is 8.37. The number of aliphatic hydroxyl groups is 1. The zero-order valence-corrected chi connectivity index (χ0v) is 21.8. The van der Waals surface area contributed by atoms with Crippen LogP contribution in [0, 0.1) is 5.41 Å². The molecular formula is C26H45N3O5. The van der Waals surface area contributed by atoms with Crippen molar-refractivity contribution in [3.8, 4) is 0 Å². The molecule has 3 aliphatic heterocycles. The van der Waals surface area contributed by atoms with Gasteiger partial charge >= 0.3 is 6.09 Å². The number of nitrogens with zero attached hydrogens (tertiary/aromatic N) is 3. The first-order valence-electron chi connectivity index (χ1n) is 13.1. The molecule has 0 radical (unpaired) electrons. The van der Waals surface area contributed by atoms with Gasteiger partial charge in [-0.15, -0.1) is 0 Å². The van der Waals surface area contributed by atoms with Gasteiger partial charge in [-0.25, -0.2) is 4.79 Å². The Morgan fingerprint density at radius 1 is 1.12 bits per heavy atom. The first-order valence-corrected chi connectivity index (χ1v) is 13.1. The van der Waals surface area contributed by atoms with Crippen LogP contribution in [-0.4, -0.2) is 96.5 Å². The quantitative estimate of drug-likeness (QED) is 0.575. The number of hydrogen-bond acceptors (Lipinski definition) is 6. The molecule has 2 fully saturated rings. The molecule has 0 saturated carbocycles. The van der Waals surface area contributed by atoms with E-state index in [2.05, 4.69) is 11.8 Å². The summed E-state index contributed by atoms with van der Waals surface area (Å²) in [6.07, 6.45) is 6.34. The van der Waals surface area contributed by atoms with E-state index in [-0.39, 0.29) is 30.8 Å². The molecule has 3 heterocycles. The highest BCUT2D eigenvalue weighted by atomic mass is 16.6. The van der Waals surface area contributed by atoms with Crippen LogP contribution >= 0.6 is 0 Å². The topological polar surface area (TPSA) is 82.6 Å². The lowest BCUT2D eigenvalue weighted by atomic mass is 9.84. The Balaban J connectivity index is 1.65. The summed E-state index contributed by atoms with van der Waals surface area (Å²) in [6.45, 7) is 11.5. The highest BCUT2D eigenvalue weighted by molar-refractivity contribution is 5.91. The Hall–Kier alpha value is -1.64. The van der Waals surface area contributed by atoms with E-state index in [1.807, 2.05) is 30.6 Å². The van der Waals surface area contributed by atoms with E-state index in [1.165, 1.54) is 0 Å². The third kappa shape index (κ3) is 5.44. The summed E-state index contributed by atoms with van der Waals surface area (Å²) in [6, 6.07) is 0.616. The summed E-state index contributed by atoms with van der Waals surface area (Å²) >= 11 is 0. The zero-order chi connectivity index (χ0) is 24.9. The molecule has 0 aromatic heterocycles. The minimum Gasteiger partial charge on any atom is -0.450 e. The smallest absolute Gasteiger partial charge is 0.409 e. The first kappa shape index (κ1) is 27.0. The number of ether oxygens (including phenoxy) is 2. The molecule has 0 aliphatic carbocycles. The second-order valence-electron chi connectivity index (χ2n) is 10.2. The molecule has 0 aromatic rings. The molecule has 0 aromatic carbocycles. The molecule has 3 rings (SSSR count). The standard InChI is InChI=1S/C26H45N3O5/c1-6-22(33-5)17-23-19(3)26(4,18-30)24(31)29(23)21-11-14-27(15-12-21)20-9-8-13-28(16-10-20)25(32)34-7-2/h20-22,30H,6-18H2,1-5H3. The van der Waals surface area contributed by atoms with Gasteiger partial charge in [-0.05, 0) is 64.9 Å². The van der Waals surface area contributed by atoms with Crippen molar-refractivity contribution < 1.29 is 24.2 Å². The van der Waals surface area contributed by atoms with E-state index >= 15 is 0 Å². The van der Waals surface area contributed by atoms with Gasteiger partial charge in [0.05, 0.1) is 24.7 Å². The third-order valence-corrected chi connectivity index (χ3v) is 8.37. The van der Waals surface area contributed by atoms with Crippen LogP contribution in [0.1, 0.15) is 72.6 Å². The summed E-state index contributed by atoms with van der Waals surface area (Å²) in [4.78, 5) is 32.1. The molecule has 34 heavy (non-hydrogen) atoms. The number of aliphatic hydroxyl groups excluding tert-OH is 1. The Morgan fingerprint density at radius 3 is 2.38 bits per heavy atom. The van der Waals surface area contributed by atoms with E-state index in [0.717, 1.165) is 76.0 Å². The fourth-order valence-electron chi connectivity index (χ4n) is 5.83. The summed E-state index contributed by atoms with van der Waals surface area (Å²) in [5.41, 5.74) is 1.20. The van der Waals surface area contributed by atoms with Crippen LogP contribution in [-0.2, 0) is 14.3 Å². The van der Waals surface area contributed by atoms with E-state index in [0.29, 0.717) is 19.1 Å². The minimum absolute atomic E-state index is 0.0338. The average Bonchev–Trinajstić information content (AvgIpc) is 3.03. The van der Waals surface area contributed by atoms with Crippen LogP contribution in [0.15, 0.2) is 11.3 Å². The van der Waals surface area contributed by atoms with Gasteiger partial charge in [0.15, 0.2) is 0 Å². The molecule has 194 valence electrons. The molecule has 0 spiro atoms. The van der Waals surface area contributed by atoms with Gasteiger partial charge in [-0.3, -0.25) is 4.79 Å². The van der Waals surface area contributed by atoms with Crippen molar-refractivity contribution in [3.05, 3.63) is 11.3 Å². The molecule has 0 bridgehead atoms. The summed E-state index contributed by atoms with van der Waals surface area (Å²) in [5.74, 6) is 0.0338. The fraction of sp³-hybridized carbons (Fsp3) is 0.846. The van der Waals surface area contributed by atoms with E-state index in [4.69, 9.17) is 9.47 Å². The molecule has 8 nitrogen and oxygen atoms in total. The zero-order valence-electron chi connectivity index (χ0n) is 21.8. The maximum Gasteiger partial charge on any atom is 0.409 e. The Morgan fingerprint density at radius 2 is 1.79 bits per heavy atom. The highest BCUT2D eigenvalue weighted by Gasteiger charge is 2.49. The molecule has 8 heteroatoms. The van der Waals surface area contributed by atoms with Gasteiger partial charge in [-0.1, -0.05) is 6.92 Å². The van der Waals surface area contributed by atoms with Crippen LogP contribution in [0.2, 0.25) is 0 Å². The second kappa shape index (κ2) is 11.9. The van der Waals surface area contributed by atoms with Crippen molar-refractivity contribution in [2.24, 2.45) is 5.41 Å². The predicted octanol–water partition coefficient (Wildman–Crippen LogP) is 3.39. The molecule has 1 N–H and O–H groups in total. The number of hydrogen-bond donors (Lipinski definition) is 1. The Labute approximate surface area is 205 Å². The fourth-order valence-corrected chi connectivity index (χ4v) is 5.83. The lowest BCUT2D eigenvalue weighted by Gasteiger charge is -2.41. The van der Waals surface area contributed by atoms with Gasteiger partial charge in [0.2, 0.25) is 5.91 Å². The van der Waals surface area contributed by atoms with Gasteiger partial charge in [0, 0.05) is 57.5 Å². The lowest BCUT2D eigenvalue weighted by molar-refractivity contribution is -0.139. The number of carbonyl (C=O) groups is 2. The van der Waals surface area contributed by atoms with Gasteiger partial charge in [0.1, 0.15) is 0 Å². The van der Waals surface area contributed by atoms with E-state index in [9.17, 15) is 14.7 Å². The number of rotatable bonds is 8. The normalized spacial score (nSPS) is 28.4. The number of amides is 2. The largest absolute Gasteiger partial charge is 0.450 e. The van der Waals surface area contributed by atoms with E-state index < -0.39 is 5.41 Å². The van der Waals surface area contributed by atoms with Crippen molar-refractivity contribution in [1.29, 1.82) is 0 Å². The summed E-state index contributed by atoms with van der Waals surface area (Å²) < 4.78 is 10.8. The van der Waals surface area contributed by atoms with E-state index in [1.54, 1.807) is 7.11 Å². The van der Waals surface area contributed by atoms with Crippen molar-refractivity contribution in [2.75, 3.05) is 46.5 Å². The number of piperidine rings is 1. The van der Waals surface area contributed by atoms with Crippen LogP contribution in [0.25, 0.3) is 0 Å². The van der Waals surface area contributed by atoms with Gasteiger partial charge in [-0.2, -0.15) is 0 Å². The average molecular weight is 480 g/mol. The molecule has 3 atom stereocenters. The molecule has 2 amide bonds. The minimum atomic E-state index is -0.837. The van der Waals surface area contributed by atoms with Crippen molar-refractivity contribution in [1.82, 2.24) is 14.7 Å².